The van der Waals surface area contributed by atoms with Gasteiger partial charge in [-0.1, -0.05) is 24.3 Å². The standard InChI is InChI=1S/C19H19NO3/c21-17(14-9-8-12-4-3-5-13(12)10-14)11-20-18(22)15-6-1-2-7-16(15)19(20)23/h1-2,8-10,15-16H,3-7,11H2/t15-,16+. The van der Waals surface area contributed by atoms with Crippen LogP contribution in [-0.2, 0) is 22.4 Å². The highest BCUT2D eigenvalue weighted by molar-refractivity contribution is 6.10. The number of carbonyl (C=O) groups excluding carboxylic acids is 3. The van der Waals surface area contributed by atoms with Crippen LogP contribution in [0, 0.1) is 11.8 Å². The number of rotatable bonds is 3. The number of imide groups is 1. The number of hydrogen-bond acceptors (Lipinski definition) is 3. The minimum atomic E-state index is -0.264. The predicted octanol–water partition coefficient (Wildman–Crippen LogP) is 2.31. The first-order valence-electron chi connectivity index (χ1n) is 8.30. The van der Waals surface area contributed by atoms with E-state index in [1.54, 1.807) is 0 Å². The van der Waals surface area contributed by atoms with Gasteiger partial charge in [-0.2, -0.15) is 0 Å². The largest absolute Gasteiger partial charge is 0.292 e. The summed E-state index contributed by atoms with van der Waals surface area (Å²) in [4.78, 5) is 38.6. The van der Waals surface area contributed by atoms with E-state index in [1.807, 2.05) is 30.4 Å². The van der Waals surface area contributed by atoms with Crippen molar-refractivity contribution < 1.29 is 14.4 Å². The van der Waals surface area contributed by atoms with E-state index in [9.17, 15) is 14.4 Å². The Kier molecular flexibility index (Phi) is 3.40. The lowest BCUT2D eigenvalue weighted by molar-refractivity contribution is -0.139. The van der Waals surface area contributed by atoms with E-state index >= 15 is 0 Å². The summed E-state index contributed by atoms with van der Waals surface area (Å²) in [5.74, 6) is -1.04. The third-order valence-electron chi connectivity index (χ3n) is 5.32. The van der Waals surface area contributed by atoms with Gasteiger partial charge in [0.1, 0.15) is 0 Å². The molecule has 2 amide bonds. The van der Waals surface area contributed by atoms with E-state index < -0.39 is 0 Å². The summed E-state index contributed by atoms with van der Waals surface area (Å²) in [5, 5.41) is 0. The number of nitrogens with zero attached hydrogens (tertiary/aromatic N) is 1. The van der Waals surface area contributed by atoms with Gasteiger partial charge >= 0.3 is 0 Å². The molecule has 0 bridgehead atoms. The number of ketones is 1. The van der Waals surface area contributed by atoms with Crippen LogP contribution in [0.2, 0.25) is 0 Å². The first-order chi connectivity index (χ1) is 11.1. The normalized spacial score (nSPS) is 25.7. The Balaban J connectivity index is 1.53. The molecule has 4 nitrogen and oxygen atoms in total. The maximum atomic E-state index is 12.5. The molecular formula is C19H19NO3. The summed E-state index contributed by atoms with van der Waals surface area (Å²) in [6.45, 7) is -0.122. The molecule has 1 saturated heterocycles. The van der Waals surface area contributed by atoms with Gasteiger partial charge in [0.25, 0.3) is 0 Å². The van der Waals surface area contributed by atoms with Crippen LogP contribution in [0.3, 0.4) is 0 Å². The molecule has 4 rings (SSSR count). The molecule has 4 heteroatoms. The van der Waals surface area contributed by atoms with Crippen molar-refractivity contribution in [2.75, 3.05) is 6.54 Å². The van der Waals surface area contributed by atoms with Crippen LogP contribution in [0.5, 0.6) is 0 Å². The van der Waals surface area contributed by atoms with Gasteiger partial charge in [-0.3, -0.25) is 19.3 Å². The second-order valence-electron chi connectivity index (χ2n) is 6.68. The fourth-order valence-corrected chi connectivity index (χ4v) is 4.00. The van der Waals surface area contributed by atoms with Crippen molar-refractivity contribution in [3.63, 3.8) is 0 Å². The van der Waals surface area contributed by atoms with Gasteiger partial charge in [-0.15, -0.1) is 0 Å². The van der Waals surface area contributed by atoms with Crippen LogP contribution in [0.25, 0.3) is 0 Å². The zero-order valence-electron chi connectivity index (χ0n) is 13.0. The molecule has 1 heterocycles. The molecule has 2 aliphatic carbocycles. The Labute approximate surface area is 135 Å². The van der Waals surface area contributed by atoms with Gasteiger partial charge in [-0.25, -0.2) is 0 Å². The fraction of sp³-hybridized carbons (Fsp3) is 0.421. The van der Waals surface area contributed by atoms with Crippen molar-refractivity contribution in [2.45, 2.75) is 32.1 Å². The Hall–Kier alpha value is -2.23. The van der Waals surface area contributed by atoms with Gasteiger partial charge < -0.3 is 0 Å². The monoisotopic (exact) mass is 309 g/mol. The van der Waals surface area contributed by atoms with Crippen molar-refractivity contribution in [1.29, 1.82) is 0 Å². The number of likely N-dealkylation sites (tertiary alicyclic amines) is 1. The average Bonchev–Trinajstić information content (AvgIpc) is 3.13. The number of hydrogen-bond donors (Lipinski definition) is 0. The molecule has 1 fully saturated rings. The number of benzene rings is 1. The summed E-state index contributed by atoms with van der Waals surface area (Å²) in [7, 11) is 0. The quantitative estimate of drug-likeness (QED) is 0.489. The maximum absolute atomic E-state index is 12.5. The number of aryl methyl sites for hydroxylation is 2. The number of fused-ring (bicyclic) bond motifs is 2. The van der Waals surface area contributed by atoms with Gasteiger partial charge in [-0.05, 0) is 49.3 Å². The van der Waals surface area contributed by atoms with Crippen molar-refractivity contribution >= 4 is 17.6 Å². The summed E-state index contributed by atoms with van der Waals surface area (Å²) < 4.78 is 0. The van der Waals surface area contributed by atoms with Gasteiger partial charge in [0.05, 0.1) is 18.4 Å². The van der Waals surface area contributed by atoms with E-state index in [4.69, 9.17) is 0 Å². The SMILES string of the molecule is O=C(CN1C(=O)[C@H]2CC=CC[C@H]2C1=O)c1ccc2c(c1)CCC2. The molecule has 1 aromatic carbocycles. The Morgan fingerprint density at radius 2 is 1.65 bits per heavy atom. The van der Waals surface area contributed by atoms with Crippen LogP contribution in [0.4, 0.5) is 0 Å². The lowest BCUT2D eigenvalue weighted by Crippen LogP contribution is -2.36. The van der Waals surface area contributed by atoms with Crippen LogP contribution >= 0.6 is 0 Å². The van der Waals surface area contributed by atoms with Gasteiger partial charge in [0.15, 0.2) is 5.78 Å². The molecule has 0 saturated carbocycles. The van der Waals surface area contributed by atoms with Gasteiger partial charge in [0, 0.05) is 5.56 Å². The summed E-state index contributed by atoms with van der Waals surface area (Å²) in [5.41, 5.74) is 3.15. The average molecular weight is 309 g/mol. The number of carbonyl (C=O) groups is 3. The van der Waals surface area contributed by atoms with Crippen LogP contribution in [-0.4, -0.2) is 29.0 Å². The zero-order chi connectivity index (χ0) is 16.0. The van der Waals surface area contributed by atoms with Gasteiger partial charge in [0.2, 0.25) is 11.8 Å². The lowest BCUT2D eigenvalue weighted by Gasteiger charge is -2.14. The summed E-state index contributed by atoms with van der Waals surface area (Å²) >= 11 is 0. The molecule has 118 valence electrons. The topological polar surface area (TPSA) is 54.5 Å². The molecule has 0 N–H and O–H groups in total. The lowest BCUT2D eigenvalue weighted by atomic mass is 9.85. The van der Waals surface area contributed by atoms with E-state index in [1.165, 1.54) is 16.0 Å². The third-order valence-corrected chi connectivity index (χ3v) is 5.32. The molecule has 0 aromatic heterocycles. The van der Waals surface area contributed by atoms with Crippen molar-refractivity contribution in [1.82, 2.24) is 4.90 Å². The third kappa shape index (κ3) is 2.33. The van der Waals surface area contributed by atoms with Crippen molar-refractivity contribution in [3.8, 4) is 0 Å². The minimum absolute atomic E-state index is 0.122. The predicted molar refractivity (Wildman–Crippen MR) is 84.9 cm³/mol. The molecular weight excluding hydrogens is 290 g/mol. The molecule has 1 aromatic rings. The zero-order valence-corrected chi connectivity index (χ0v) is 13.0. The minimum Gasteiger partial charge on any atom is -0.292 e. The Bertz CT molecular complexity index is 708. The van der Waals surface area contributed by atoms with Crippen molar-refractivity contribution in [3.05, 3.63) is 47.0 Å². The van der Waals surface area contributed by atoms with E-state index in [-0.39, 0.29) is 36.0 Å². The highest BCUT2D eigenvalue weighted by atomic mass is 16.2. The second-order valence-corrected chi connectivity index (χ2v) is 6.68. The van der Waals surface area contributed by atoms with Crippen molar-refractivity contribution in [2.24, 2.45) is 11.8 Å². The molecule has 0 radical (unpaired) electrons. The first kappa shape index (κ1) is 14.4. The number of allylic oxidation sites excluding steroid dienone is 2. The molecule has 2 atom stereocenters. The highest BCUT2D eigenvalue weighted by Gasteiger charge is 2.47. The molecule has 1 aliphatic heterocycles. The molecule has 0 unspecified atom stereocenters. The molecule has 23 heavy (non-hydrogen) atoms. The molecule has 0 spiro atoms. The second kappa shape index (κ2) is 5.44. The number of Topliss-reactive ketones (excluding diaryl/α,β-unsaturated/α-hetero) is 1. The van der Waals surface area contributed by atoms with Crippen LogP contribution in [0.1, 0.15) is 40.7 Å². The summed E-state index contributed by atoms with van der Waals surface area (Å²) in [6, 6.07) is 5.77. The van der Waals surface area contributed by atoms with E-state index in [0.717, 1.165) is 19.3 Å². The van der Waals surface area contributed by atoms with E-state index in [0.29, 0.717) is 18.4 Å². The first-order valence-corrected chi connectivity index (χ1v) is 8.30. The highest BCUT2D eigenvalue weighted by Crippen LogP contribution is 2.35. The molecule has 3 aliphatic rings. The Morgan fingerprint density at radius 3 is 2.35 bits per heavy atom. The van der Waals surface area contributed by atoms with Crippen LogP contribution in [0.15, 0.2) is 30.4 Å². The summed E-state index contributed by atoms with van der Waals surface area (Å²) in [6.07, 6.45) is 8.34. The Morgan fingerprint density at radius 1 is 1.00 bits per heavy atom. The number of amides is 2. The van der Waals surface area contributed by atoms with Crippen LogP contribution < -0.4 is 0 Å². The van der Waals surface area contributed by atoms with E-state index in [2.05, 4.69) is 0 Å². The fourth-order valence-electron chi connectivity index (χ4n) is 4.00. The smallest absolute Gasteiger partial charge is 0.233 e. The maximum Gasteiger partial charge on any atom is 0.233 e.